The molecule has 0 fully saturated rings. The first-order valence-electron chi connectivity index (χ1n) is 9.34. The number of anilines is 1. The Balaban J connectivity index is 1.83. The predicted molar refractivity (Wildman–Crippen MR) is 109 cm³/mol. The lowest BCUT2D eigenvalue weighted by molar-refractivity contribution is -0.120. The fourth-order valence-corrected chi connectivity index (χ4v) is 4.37. The summed E-state index contributed by atoms with van der Waals surface area (Å²) in [5, 5.41) is 22.3. The fraction of sp³-hybridized carbons (Fsp3) is 0.316. The molecule has 0 unspecified atom stereocenters. The van der Waals surface area contributed by atoms with Crippen molar-refractivity contribution in [3.8, 4) is 5.75 Å². The van der Waals surface area contributed by atoms with Crippen LogP contribution in [0.5, 0.6) is 5.75 Å². The minimum atomic E-state index is -4.03. The van der Waals surface area contributed by atoms with Crippen molar-refractivity contribution >= 4 is 34.2 Å². The third-order valence-electron chi connectivity index (χ3n) is 4.60. The molecule has 154 valence electrons. The number of amides is 1. The summed E-state index contributed by atoms with van der Waals surface area (Å²) >= 11 is 0. The average molecular weight is 418 g/mol. The Bertz CT molecular complexity index is 1010. The Morgan fingerprint density at radius 1 is 1.24 bits per heavy atom. The molecule has 2 aromatic carbocycles. The highest BCUT2D eigenvalue weighted by atomic mass is 32.2. The number of sulfonamides is 1. The van der Waals surface area contributed by atoms with Gasteiger partial charge in [-0.05, 0) is 53.3 Å². The van der Waals surface area contributed by atoms with Gasteiger partial charge < -0.3 is 20.1 Å². The highest BCUT2D eigenvalue weighted by molar-refractivity contribution is 7.92. The van der Waals surface area contributed by atoms with Crippen molar-refractivity contribution in [3.05, 3.63) is 47.5 Å². The fourth-order valence-electron chi connectivity index (χ4n) is 3.09. The van der Waals surface area contributed by atoms with Gasteiger partial charge in [0.25, 0.3) is 10.0 Å². The van der Waals surface area contributed by atoms with E-state index in [1.165, 1.54) is 24.3 Å². The Kier molecular flexibility index (Phi) is 6.46. The molecule has 2 aromatic rings. The predicted octanol–water partition coefficient (Wildman–Crippen LogP) is 0.869. The van der Waals surface area contributed by atoms with Crippen LogP contribution in [0.2, 0.25) is 0 Å². The zero-order valence-electron chi connectivity index (χ0n) is 16.0. The molecule has 10 heteroatoms. The number of fused-ring (bicyclic) bond motifs is 1. The van der Waals surface area contributed by atoms with E-state index >= 15 is 0 Å². The molecule has 4 N–H and O–H groups in total. The van der Waals surface area contributed by atoms with Crippen molar-refractivity contribution in [3.63, 3.8) is 0 Å². The maximum atomic E-state index is 12.9. The molecule has 0 bridgehead atoms. The number of carbonyl (C=O) groups excluding carboxylic acids is 1. The van der Waals surface area contributed by atoms with E-state index in [1.807, 2.05) is 6.92 Å². The molecular formula is C19H23BN2O6S. The van der Waals surface area contributed by atoms with Crippen LogP contribution >= 0.6 is 0 Å². The van der Waals surface area contributed by atoms with Crippen molar-refractivity contribution in [2.75, 3.05) is 11.3 Å². The molecule has 0 aliphatic carbocycles. The molecule has 1 aliphatic heterocycles. The summed E-state index contributed by atoms with van der Waals surface area (Å²) in [7, 11) is -5.12. The second-order valence-corrected chi connectivity index (χ2v) is 8.51. The van der Waals surface area contributed by atoms with E-state index in [-0.39, 0.29) is 40.8 Å². The van der Waals surface area contributed by atoms with Gasteiger partial charge in [0.2, 0.25) is 5.91 Å². The van der Waals surface area contributed by atoms with Gasteiger partial charge in [-0.3, -0.25) is 9.52 Å². The Morgan fingerprint density at radius 2 is 2.03 bits per heavy atom. The third-order valence-corrected chi connectivity index (χ3v) is 6.08. The summed E-state index contributed by atoms with van der Waals surface area (Å²) in [5.41, 5.74) is 1.75. The smallest absolute Gasteiger partial charge is 0.491 e. The second-order valence-electron chi connectivity index (χ2n) is 6.85. The summed E-state index contributed by atoms with van der Waals surface area (Å²) < 4.78 is 33.5. The molecule has 0 saturated carbocycles. The number of nitrogens with one attached hydrogen (secondary N) is 2. The Hall–Kier alpha value is -2.56. The molecular weight excluding hydrogens is 395 g/mol. The van der Waals surface area contributed by atoms with Gasteiger partial charge in [-0.1, -0.05) is 19.4 Å². The lowest BCUT2D eigenvalue weighted by atomic mass is 9.79. The van der Waals surface area contributed by atoms with Crippen LogP contribution in [-0.4, -0.2) is 38.1 Å². The summed E-state index contributed by atoms with van der Waals surface area (Å²) in [5.74, 6) is -0.448. The molecule has 1 aliphatic rings. The number of phenolic OH excluding ortho intramolecular Hbond substituents is 1. The first-order valence-corrected chi connectivity index (χ1v) is 10.8. The maximum Gasteiger partial charge on any atom is 0.491 e. The lowest BCUT2D eigenvalue weighted by Gasteiger charge is -2.14. The van der Waals surface area contributed by atoms with E-state index in [0.717, 1.165) is 18.4 Å². The molecule has 1 amide bonds. The summed E-state index contributed by atoms with van der Waals surface area (Å²) in [6.45, 7) is 2.77. The van der Waals surface area contributed by atoms with Gasteiger partial charge >= 0.3 is 7.12 Å². The number of rotatable bonds is 8. The van der Waals surface area contributed by atoms with Gasteiger partial charge in [-0.2, -0.15) is 0 Å². The standard InChI is InChI=1S/C19H23BN2O6S/c1-2-3-8-21-19(24)10-14-9-16(23)6-7-18(14)29(26,27)22-15-5-4-13-12-28-20(25)17(13)11-15/h4-7,9,11,22-23,25H,2-3,8,10,12H2,1H3,(H,21,24). The van der Waals surface area contributed by atoms with Gasteiger partial charge in [-0.25, -0.2) is 8.42 Å². The topological polar surface area (TPSA) is 125 Å². The van der Waals surface area contributed by atoms with Crippen molar-refractivity contribution in [1.82, 2.24) is 5.32 Å². The quantitative estimate of drug-likeness (QED) is 0.373. The van der Waals surface area contributed by atoms with Crippen LogP contribution in [-0.2, 0) is 32.5 Å². The lowest BCUT2D eigenvalue weighted by Crippen LogP contribution is -2.29. The van der Waals surface area contributed by atoms with E-state index < -0.39 is 17.1 Å². The van der Waals surface area contributed by atoms with Crippen molar-refractivity contribution in [2.24, 2.45) is 0 Å². The number of hydrogen-bond donors (Lipinski definition) is 4. The van der Waals surface area contributed by atoms with Gasteiger partial charge in [-0.15, -0.1) is 0 Å². The van der Waals surface area contributed by atoms with Crippen molar-refractivity contribution in [1.29, 1.82) is 0 Å². The first-order chi connectivity index (χ1) is 13.8. The molecule has 1 heterocycles. The van der Waals surface area contributed by atoms with Crippen LogP contribution in [0, 0.1) is 0 Å². The van der Waals surface area contributed by atoms with Crippen LogP contribution < -0.4 is 15.5 Å². The second kappa shape index (κ2) is 8.85. The van der Waals surface area contributed by atoms with E-state index in [4.69, 9.17) is 4.65 Å². The van der Waals surface area contributed by atoms with Gasteiger partial charge in [0.1, 0.15) is 5.75 Å². The van der Waals surface area contributed by atoms with E-state index in [2.05, 4.69) is 10.0 Å². The van der Waals surface area contributed by atoms with E-state index in [1.54, 1.807) is 12.1 Å². The van der Waals surface area contributed by atoms with Crippen LogP contribution in [0.25, 0.3) is 0 Å². The highest BCUT2D eigenvalue weighted by Gasteiger charge is 2.28. The first kappa shape index (κ1) is 21.2. The Morgan fingerprint density at radius 3 is 2.79 bits per heavy atom. The summed E-state index contributed by atoms with van der Waals surface area (Å²) in [6, 6.07) is 8.57. The maximum absolute atomic E-state index is 12.9. The number of unbranched alkanes of at least 4 members (excludes halogenated alkanes) is 1. The molecule has 0 aromatic heterocycles. The van der Waals surface area contributed by atoms with Gasteiger partial charge in [0.15, 0.2) is 0 Å². The van der Waals surface area contributed by atoms with E-state index in [9.17, 15) is 23.3 Å². The Labute approximate surface area is 170 Å². The number of carbonyl (C=O) groups is 1. The third kappa shape index (κ3) is 5.09. The van der Waals surface area contributed by atoms with Crippen LogP contribution in [0.1, 0.15) is 30.9 Å². The minimum absolute atomic E-state index is 0.0989. The monoisotopic (exact) mass is 418 g/mol. The van der Waals surface area contributed by atoms with Crippen LogP contribution in [0.3, 0.4) is 0 Å². The zero-order chi connectivity index (χ0) is 21.0. The number of hydrogen-bond acceptors (Lipinski definition) is 6. The van der Waals surface area contributed by atoms with Gasteiger partial charge in [0, 0.05) is 12.2 Å². The average Bonchev–Trinajstić information content (AvgIpc) is 3.02. The van der Waals surface area contributed by atoms with Gasteiger partial charge in [0.05, 0.1) is 17.9 Å². The number of benzene rings is 2. The molecule has 29 heavy (non-hydrogen) atoms. The van der Waals surface area contributed by atoms with E-state index in [0.29, 0.717) is 12.0 Å². The van der Waals surface area contributed by atoms with Crippen molar-refractivity contribution < 1.29 is 28.0 Å². The van der Waals surface area contributed by atoms with Crippen LogP contribution in [0.15, 0.2) is 41.3 Å². The number of phenols is 1. The normalized spacial score (nSPS) is 13.2. The summed E-state index contributed by atoms with van der Waals surface area (Å²) in [4.78, 5) is 12.1. The SMILES string of the molecule is CCCCNC(=O)Cc1cc(O)ccc1S(=O)(=O)Nc1ccc2c(c1)B(O)OC2. The largest absolute Gasteiger partial charge is 0.508 e. The van der Waals surface area contributed by atoms with Crippen LogP contribution in [0.4, 0.5) is 5.69 Å². The van der Waals surface area contributed by atoms with Crippen molar-refractivity contribution in [2.45, 2.75) is 37.7 Å². The molecule has 0 radical (unpaired) electrons. The number of aromatic hydroxyl groups is 1. The molecule has 3 rings (SSSR count). The highest BCUT2D eigenvalue weighted by Crippen LogP contribution is 2.24. The minimum Gasteiger partial charge on any atom is -0.508 e. The summed E-state index contributed by atoms with van der Waals surface area (Å²) in [6.07, 6.45) is 1.58. The zero-order valence-corrected chi connectivity index (χ0v) is 16.8. The molecule has 8 nitrogen and oxygen atoms in total. The molecule has 0 spiro atoms. The molecule has 0 atom stereocenters. The molecule has 0 saturated heterocycles.